The van der Waals surface area contributed by atoms with Gasteiger partial charge in [-0.15, -0.1) is 0 Å². The van der Waals surface area contributed by atoms with Gasteiger partial charge in [-0.2, -0.15) is 0 Å². The van der Waals surface area contributed by atoms with Gasteiger partial charge in [-0.05, 0) is 24.0 Å². The van der Waals surface area contributed by atoms with E-state index in [9.17, 15) is 4.79 Å². The zero-order valence-electron chi connectivity index (χ0n) is 10.8. The first-order chi connectivity index (χ1) is 9.25. The molecule has 0 bridgehead atoms. The second kappa shape index (κ2) is 7.25. The lowest BCUT2D eigenvalue weighted by Gasteiger charge is -2.09. The number of Topliss-reactive ketones (excluding diaryl/α,β-unsaturated/α-hetero) is 1. The third kappa shape index (κ3) is 4.64. The SMILES string of the molecule is O=C(CCc1ccccc1)C(Br)Cc1ccccc1. The first kappa shape index (κ1) is 14.0. The Morgan fingerprint density at radius 3 is 2.00 bits per heavy atom. The molecule has 0 radical (unpaired) electrons. The van der Waals surface area contributed by atoms with Gasteiger partial charge < -0.3 is 0 Å². The van der Waals surface area contributed by atoms with E-state index in [2.05, 4.69) is 40.2 Å². The number of hydrogen-bond donors (Lipinski definition) is 0. The summed E-state index contributed by atoms with van der Waals surface area (Å²) in [7, 11) is 0. The van der Waals surface area contributed by atoms with Crippen molar-refractivity contribution >= 4 is 21.7 Å². The summed E-state index contributed by atoms with van der Waals surface area (Å²) in [6, 6.07) is 20.2. The highest BCUT2D eigenvalue weighted by atomic mass is 79.9. The molecule has 0 saturated carbocycles. The van der Waals surface area contributed by atoms with E-state index in [0.717, 1.165) is 12.8 Å². The maximum atomic E-state index is 12.1. The molecule has 0 aliphatic rings. The van der Waals surface area contributed by atoms with Crippen molar-refractivity contribution in [3.8, 4) is 0 Å². The number of halogens is 1. The Bertz CT molecular complexity index is 507. The van der Waals surface area contributed by atoms with Gasteiger partial charge in [0.1, 0.15) is 5.78 Å². The molecule has 2 rings (SSSR count). The molecule has 0 aromatic heterocycles. The molecule has 2 heteroatoms. The number of hydrogen-bond acceptors (Lipinski definition) is 1. The van der Waals surface area contributed by atoms with Gasteiger partial charge in [-0.3, -0.25) is 4.79 Å². The normalized spacial score (nSPS) is 12.1. The molecule has 0 heterocycles. The molecule has 2 aromatic carbocycles. The van der Waals surface area contributed by atoms with Crippen LogP contribution in [-0.4, -0.2) is 10.6 Å². The van der Waals surface area contributed by atoms with E-state index in [1.807, 2.05) is 36.4 Å². The van der Waals surface area contributed by atoms with Crippen molar-refractivity contribution in [2.24, 2.45) is 0 Å². The second-order valence-electron chi connectivity index (χ2n) is 4.61. The zero-order chi connectivity index (χ0) is 13.5. The maximum absolute atomic E-state index is 12.1. The summed E-state index contributed by atoms with van der Waals surface area (Å²) >= 11 is 3.50. The standard InChI is InChI=1S/C17H17BrO/c18-16(13-15-9-5-2-6-10-15)17(19)12-11-14-7-3-1-4-8-14/h1-10,16H,11-13H2. The Labute approximate surface area is 122 Å². The fraction of sp³-hybridized carbons (Fsp3) is 0.235. The number of ketones is 1. The average molecular weight is 317 g/mol. The largest absolute Gasteiger partial charge is 0.298 e. The lowest BCUT2D eigenvalue weighted by Crippen LogP contribution is -2.17. The predicted octanol–water partition coefficient (Wildman–Crippen LogP) is 4.19. The summed E-state index contributed by atoms with van der Waals surface area (Å²) in [6.45, 7) is 0. The van der Waals surface area contributed by atoms with Gasteiger partial charge in [-0.1, -0.05) is 76.6 Å². The molecule has 0 aliphatic heterocycles. The summed E-state index contributed by atoms with van der Waals surface area (Å²) < 4.78 is 0. The van der Waals surface area contributed by atoms with Gasteiger partial charge in [0.15, 0.2) is 0 Å². The first-order valence-electron chi connectivity index (χ1n) is 6.50. The van der Waals surface area contributed by atoms with Crippen molar-refractivity contribution in [2.75, 3.05) is 0 Å². The number of rotatable bonds is 6. The number of benzene rings is 2. The van der Waals surface area contributed by atoms with Gasteiger partial charge in [0.25, 0.3) is 0 Å². The summed E-state index contributed by atoms with van der Waals surface area (Å²) in [4.78, 5) is 12.0. The monoisotopic (exact) mass is 316 g/mol. The zero-order valence-corrected chi connectivity index (χ0v) is 12.3. The van der Waals surface area contributed by atoms with Crippen LogP contribution in [0.2, 0.25) is 0 Å². The number of aryl methyl sites for hydroxylation is 1. The molecule has 1 nitrogen and oxygen atoms in total. The number of alkyl halides is 1. The first-order valence-corrected chi connectivity index (χ1v) is 7.42. The van der Waals surface area contributed by atoms with Crippen LogP contribution in [-0.2, 0) is 17.6 Å². The molecular weight excluding hydrogens is 300 g/mol. The molecule has 1 unspecified atom stereocenters. The van der Waals surface area contributed by atoms with E-state index >= 15 is 0 Å². The Morgan fingerprint density at radius 2 is 1.42 bits per heavy atom. The van der Waals surface area contributed by atoms with Gasteiger partial charge in [0.2, 0.25) is 0 Å². The Balaban J connectivity index is 1.83. The maximum Gasteiger partial charge on any atom is 0.147 e. The van der Waals surface area contributed by atoms with E-state index < -0.39 is 0 Å². The summed E-state index contributed by atoms with van der Waals surface area (Å²) in [5.74, 6) is 0.271. The van der Waals surface area contributed by atoms with Gasteiger partial charge in [0.05, 0.1) is 4.83 Å². The van der Waals surface area contributed by atoms with Crippen LogP contribution in [0.4, 0.5) is 0 Å². The van der Waals surface area contributed by atoms with Gasteiger partial charge in [-0.25, -0.2) is 0 Å². The second-order valence-corrected chi connectivity index (χ2v) is 5.71. The fourth-order valence-corrected chi connectivity index (χ4v) is 2.61. The summed E-state index contributed by atoms with van der Waals surface area (Å²) in [5, 5.41) is 0. The lowest BCUT2D eigenvalue weighted by molar-refractivity contribution is -0.118. The average Bonchev–Trinajstić information content (AvgIpc) is 2.47. The van der Waals surface area contributed by atoms with Crippen LogP contribution in [0.3, 0.4) is 0 Å². The highest BCUT2D eigenvalue weighted by molar-refractivity contribution is 9.10. The van der Waals surface area contributed by atoms with Crippen molar-refractivity contribution in [1.29, 1.82) is 0 Å². The van der Waals surface area contributed by atoms with Crippen LogP contribution in [0.1, 0.15) is 17.5 Å². The molecule has 0 spiro atoms. The minimum Gasteiger partial charge on any atom is -0.298 e. The number of carbonyl (C=O) groups is 1. The molecule has 1 atom stereocenters. The smallest absolute Gasteiger partial charge is 0.147 e. The molecule has 19 heavy (non-hydrogen) atoms. The number of carbonyl (C=O) groups excluding carboxylic acids is 1. The van der Waals surface area contributed by atoms with E-state index in [4.69, 9.17) is 0 Å². The van der Waals surface area contributed by atoms with E-state index in [1.54, 1.807) is 0 Å². The van der Waals surface area contributed by atoms with Crippen molar-refractivity contribution in [2.45, 2.75) is 24.1 Å². The molecule has 0 amide bonds. The third-order valence-corrected chi connectivity index (χ3v) is 3.94. The quantitative estimate of drug-likeness (QED) is 0.730. The summed E-state index contributed by atoms with van der Waals surface area (Å²) in [5.41, 5.74) is 2.41. The lowest BCUT2D eigenvalue weighted by atomic mass is 10.0. The molecule has 0 N–H and O–H groups in total. The Morgan fingerprint density at radius 1 is 0.895 bits per heavy atom. The topological polar surface area (TPSA) is 17.1 Å². The van der Waals surface area contributed by atoms with Gasteiger partial charge in [0, 0.05) is 6.42 Å². The van der Waals surface area contributed by atoms with Crippen molar-refractivity contribution in [3.63, 3.8) is 0 Å². The van der Waals surface area contributed by atoms with Gasteiger partial charge >= 0.3 is 0 Å². The third-order valence-electron chi connectivity index (χ3n) is 3.11. The molecule has 0 aliphatic carbocycles. The van der Waals surface area contributed by atoms with Crippen molar-refractivity contribution in [3.05, 3.63) is 71.8 Å². The highest BCUT2D eigenvalue weighted by Gasteiger charge is 2.14. The molecule has 98 valence electrons. The van der Waals surface area contributed by atoms with Crippen LogP contribution in [0.25, 0.3) is 0 Å². The predicted molar refractivity (Wildman–Crippen MR) is 82.6 cm³/mol. The fourth-order valence-electron chi connectivity index (χ4n) is 2.00. The van der Waals surface area contributed by atoms with Crippen LogP contribution >= 0.6 is 15.9 Å². The van der Waals surface area contributed by atoms with Crippen LogP contribution in [0, 0.1) is 0 Å². The molecule has 2 aromatic rings. The molecule has 0 fully saturated rings. The Hall–Kier alpha value is -1.41. The Kier molecular flexibility index (Phi) is 5.34. The van der Waals surface area contributed by atoms with Crippen molar-refractivity contribution in [1.82, 2.24) is 0 Å². The van der Waals surface area contributed by atoms with E-state index in [1.165, 1.54) is 11.1 Å². The van der Waals surface area contributed by atoms with Crippen LogP contribution in [0.15, 0.2) is 60.7 Å². The summed E-state index contributed by atoms with van der Waals surface area (Å²) in [6.07, 6.45) is 2.16. The van der Waals surface area contributed by atoms with E-state index in [-0.39, 0.29) is 10.6 Å². The highest BCUT2D eigenvalue weighted by Crippen LogP contribution is 2.14. The molecular formula is C17H17BrO. The molecule has 0 saturated heterocycles. The minimum absolute atomic E-state index is 0.0846. The van der Waals surface area contributed by atoms with Crippen LogP contribution in [0.5, 0.6) is 0 Å². The minimum atomic E-state index is -0.0846. The van der Waals surface area contributed by atoms with Crippen LogP contribution < -0.4 is 0 Å². The van der Waals surface area contributed by atoms with Crippen molar-refractivity contribution < 1.29 is 4.79 Å². The van der Waals surface area contributed by atoms with E-state index in [0.29, 0.717) is 6.42 Å².